The molecule has 0 saturated heterocycles. The molecule has 1 unspecified atom stereocenters. The van der Waals surface area contributed by atoms with Crippen molar-refractivity contribution in [3.05, 3.63) is 60.7 Å². The number of carbonyl (C=O) groups excluding carboxylic acids is 1. The molecule has 4 nitrogen and oxygen atoms in total. The van der Waals surface area contributed by atoms with Gasteiger partial charge < -0.3 is 9.53 Å². The van der Waals surface area contributed by atoms with Crippen molar-refractivity contribution in [2.24, 2.45) is 23.7 Å². The second-order valence-electron chi connectivity index (χ2n) is 12.2. The lowest BCUT2D eigenvalue weighted by Crippen LogP contribution is -2.66. The van der Waals surface area contributed by atoms with Crippen LogP contribution in [0.4, 0.5) is 0 Å². The van der Waals surface area contributed by atoms with E-state index in [1.165, 1.54) is 19.3 Å². The molecule has 1 aliphatic carbocycles. The number of ketones is 1. The molecule has 1 atom stereocenters. The molecule has 1 aliphatic rings. The zero-order chi connectivity index (χ0) is 28.5. The van der Waals surface area contributed by atoms with Gasteiger partial charge >= 0.3 is 5.97 Å². The first-order valence-electron chi connectivity index (χ1n) is 14.6. The van der Waals surface area contributed by atoms with Crippen LogP contribution < -0.4 is 10.4 Å². The van der Waals surface area contributed by atoms with E-state index in [4.69, 9.17) is 4.43 Å². The van der Waals surface area contributed by atoms with Crippen molar-refractivity contribution in [2.45, 2.75) is 84.6 Å². The van der Waals surface area contributed by atoms with E-state index in [2.05, 4.69) is 70.7 Å². The average molecular weight is 547 g/mol. The monoisotopic (exact) mass is 546 g/mol. The summed E-state index contributed by atoms with van der Waals surface area (Å²) in [6.07, 6.45) is 5.91. The summed E-state index contributed by atoms with van der Waals surface area (Å²) in [7, 11) is -2.75. The summed E-state index contributed by atoms with van der Waals surface area (Å²) in [5.41, 5.74) is 0. The van der Waals surface area contributed by atoms with Gasteiger partial charge in [0, 0.05) is 18.4 Å². The van der Waals surface area contributed by atoms with Crippen LogP contribution in [-0.4, -0.2) is 31.8 Å². The third-order valence-corrected chi connectivity index (χ3v) is 13.5. The van der Waals surface area contributed by atoms with Gasteiger partial charge in [0.2, 0.25) is 5.78 Å². The van der Waals surface area contributed by atoms with Gasteiger partial charge in [0.1, 0.15) is 0 Å². The Hall–Kier alpha value is -2.68. The van der Waals surface area contributed by atoms with Crippen LogP contribution in [-0.2, 0) is 14.0 Å². The molecule has 210 valence electrons. The Morgan fingerprint density at radius 1 is 0.974 bits per heavy atom. The number of Topliss-reactive ketones (excluding diaryl/α,β-unsaturated/α-hetero) is 1. The smallest absolute Gasteiger partial charge is 0.304 e. The molecule has 2 aromatic carbocycles. The lowest BCUT2D eigenvalue weighted by atomic mass is 9.70. The molecule has 0 heterocycles. The largest absolute Gasteiger partial charge is 0.481 e. The number of carboxylic acids is 1. The second kappa shape index (κ2) is 14.1. The highest BCUT2D eigenvalue weighted by molar-refractivity contribution is 6.99. The van der Waals surface area contributed by atoms with Gasteiger partial charge in [-0.2, -0.15) is 0 Å². The fourth-order valence-electron chi connectivity index (χ4n) is 6.07. The minimum absolute atomic E-state index is 0.183. The maximum Gasteiger partial charge on any atom is 0.304 e. The third kappa shape index (κ3) is 7.93. The van der Waals surface area contributed by atoms with E-state index < -0.39 is 20.2 Å². The lowest BCUT2D eigenvalue weighted by Gasteiger charge is -2.43. The van der Waals surface area contributed by atoms with Crippen molar-refractivity contribution in [3.63, 3.8) is 0 Å². The number of aliphatic carboxylic acids is 1. The summed E-state index contributed by atoms with van der Waals surface area (Å²) in [6.45, 7) is 11.4. The Morgan fingerprint density at radius 2 is 1.51 bits per heavy atom. The Bertz CT molecular complexity index is 1080. The summed E-state index contributed by atoms with van der Waals surface area (Å²) in [5, 5.41) is 11.7. The van der Waals surface area contributed by atoms with Crippen LogP contribution in [0.25, 0.3) is 0 Å². The molecule has 0 aliphatic heterocycles. The van der Waals surface area contributed by atoms with Crippen molar-refractivity contribution in [1.29, 1.82) is 0 Å². The minimum Gasteiger partial charge on any atom is -0.481 e. The Balaban J connectivity index is 1.73. The van der Waals surface area contributed by atoms with Gasteiger partial charge in [0.25, 0.3) is 8.32 Å². The van der Waals surface area contributed by atoms with Gasteiger partial charge in [-0.3, -0.25) is 9.59 Å². The van der Waals surface area contributed by atoms with Gasteiger partial charge in [-0.25, -0.2) is 0 Å². The Morgan fingerprint density at radius 3 is 1.97 bits per heavy atom. The second-order valence-corrected chi connectivity index (χ2v) is 16.5. The molecule has 0 amide bonds. The first-order chi connectivity index (χ1) is 18.6. The van der Waals surface area contributed by atoms with Crippen molar-refractivity contribution in [3.8, 4) is 11.8 Å². The number of benzene rings is 2. The molecule has 0 aromatic heterocycles. The molecule has 3 rings (SSSR count). The van der Waals surface area contributed by atoms with Crippen molar-refractivity contribution in [1.82, 2.24) is 0 Å². The first-order valence-corrected chi connectivity index (χ1v) is 16.5. The number of hydrogen-bond donors (Lipinski definition) is 1. The fourth-order valence-corrected chi connectivity index (χ4v) is 10.6. The van der Waals surface area contributed by atoms with E-state index in [1.54, 1.807) is 0 Å². The van der Waals surface area contributed by atoms with E-state index in [1.807, 2.05) is 36.4 Å². The van der Waals surface area contributed by atoms with Gasteiger partial charge in [-0.05, 0) is 58.9 Å². The number of carboxylic acid groups (broad SMARTS) is 1. The van der Waals surface area contributed by atoms with Crippen molar-refractivity contribution < 1.29 is 19.1 Å². The van der Waals surface area contributed by atoms with Crippen LogP contribution in [0, 0.1) is 35.5 Å². The zero-order valence-electron chi connectivity index (χ0n) is 24.4. The highest BCUT2D eigenvalue weighted by Crippen LogP contribution is 2.39. The Kier molecular flexibility index (Phi) is 11.2. The van der Waals surface area contributed by atoms with Gasteiger partial charge in [0.05, 0.1) is 6.42 Å². The van der Waals surface area contributed by atoms with E-state index in [-0.39, 0.29) is 23.2 Å². The number of hydrogen-bond acceptors (Lipinski definition) is 3. The number of rotatable bonds is 13. The van der Waals surface area contributed by atoms with E-state index in [0.29, 0.717) is 18.9 Å². The van der Waals surface area contributed by atoms with E-state index in [9.17, 15) is 14.7 Å². The van der Waals surface area contributed by atoms with Crippen LogP contribution in [0.5, 0.6) is 0 Å². The lowest BCUT2D eigenvalue weighted by molar-refractivity contribution is -0.140. The average Bonchev–Trinajstić information content (AvgIpc) is 2.89. The molecule has 1 saturated carbocycles. The third-order valence-electron chi connectivity index (χ3n) is 8.45. The molecule has 5 heteroatoms. The Labute approximate surface area is 236 Å². The number of carbonyl (C=O) groups is 2. The van der Waals surface area contributed by atoms with Crippen LogP contribution >= 0.6 is 0 Å². The maximum atomic E-state index is 13.1. The predicted octanol–water partition coefficient (Wildman–Crippen LogP) is 6.47. The predicted molar refractivity (Wildman–Crippen MR) is 162 cm³/mol. The van der Waals surface area contributed by atoms with Crippen LogP contribution in [0.15, 0.2) is 60.7 Å². The summed E-state index contributed by atoms with van der Waals surface area (Å²) in [5.74, 6) is 5.83. The highest BCUT2D eigenvalue weighted by atomic mass is 28.4. The molecule has 1 N–H and O–H groups in total. The van der Waals surface area contributed by atoms with Gasteiger partial charge in [0.15, 0.2) is 0 Å². The fraction of sp³-hybridized carbons (Fsp3) is 0.529. The zero-order valence-corrected chi connectivity index (χ0v) is 25.4. The molecule has 1 fully saturated rings. The maximum absolute atomic E-state index is 13.1. The molecule has 2 aromatic rings. The summed E-state index contributed by atoms with van der Waals surface area (Å²) in [4.78, 5) is 24.7. The summed E-state index contributed by atoms with van der Waals surface area (Å²) in [6, 6.07) is 20.7. The van der Waals surface area contributed by atoms with Crippen LogP contribution in [0.3, 0.4) is 0 Å². The molecule has 0 bridgehead atoms. The molecular formula is C34H46O4Si. The first kappa shape index (κ1) is 30.9. The quantitative estimate of drug-likeness (QED) is 0.178. The SMILES string of the molecule is CCC(CC)CC1CC(C#CC(=O)C(CCO[Si](c2ccccc2)(c2ccccc2)C(C)(C)C)CC(=O)O)C1. The highest BCUT2D eigenvalue weighted by Gasteiger charge is 2.50. The van der Waals surface area contributed by atoms with Crippen molar-refractivity contribution >= 4 is 30.4 Å². The van der Waals surface area contributed by atoms with Crippen LogP contribution in [0.1, 0.15) is 79.6 Å². The standard InChI is InChI=1S/C34H46O4Si/c1-6-26(7-2)22-28-23-27(24-28)18-19-32(35)29(25-33(36)37)20-21-38-39(34(3,4)5,30-14-10-8-11-15-30)31-16-12-9-13-17-31/h8-17,26-29H,6-7,20-25H2,1-5H3,(H,36,37). The summed E-state index contributed by atoms with van der Waals surface area (Å²) < 4.78 is 6.90. The molecule has 0 spiro atoms. The molecule has 0 radical (unpaired) electrons. The van der Waals surface area contributed by atoms with Crippen molar-refractivity contribution in [2.75, 3.05) is 6.61 Å². The topological polar surface area (TPSA) is 63.6 Å². The summed E-state index contributed by atoms with van der Waals surface area (Å²) >= 11 is 0. The van der Waals surface area contributed by atoms with Gasteiger partial charge in [-0.1, -0.05) is 114 Å². The van der Waals surface area contributed by atoms with Crippen LogP contribution in [0.2, 0.25) is 5.04 Å². The minimum atomic E-state index is -2.75. The van der Waals surface area contributed by atoms with E-state index in [0.717, 1.165) is 29.1 Å². The normalized spacial score (nSPS) is 18.1. The molecule has 39 heavy (non-hydrogen) atoms. The van der Waals surface area contributed by atoms with E-state index >= 15 is 0 Å². The molecular weight excluding hydrogens is 500 g/mol. The van der Waals surface area contributed by atoms with Gasteiger partial charge in [-0.15, -0.1) is 0 Å².